The molecule has 0 atom stereocenters. The predicted octanol–water partition coefficient (Wildman–Crippen LogP) is 4.58. The van der Waals surface area contributed by atoms with E-state index in [-0.39, 0.29) is 11.3 Å². The number of hydrogen-bond donors (Lipinski definition) is 0. The van der Waals surface area contributed by atoms with Gasteiger partial charge in [-0.15, -0.1) is 11.3 Å². The number of thiophene rings is 1. The van der Waals surface area contributed by atoms with Crippen molar-refractivity contribution in [3.63, 3.8) is 0 Å². The summed E-state index contributed by atoms with van der Waals surface area (Å²) in [6.07, 6.45) is 2.44. The first-order valence-electron chi connectivity index (χ1n) is 4.99. The molecule has 0 bridgehead atoms. The molecule has 0 aliphatic heterocycles. The standard InChI is InChI=1S/C13H7ClF2OS/c14-12-7-6-11(18-12)10(17)5-4-8-2-1-3-9(15)13(8)16/h1-7H/b5-4+. The molecule has 2 aromatic rings. The van der Waals surface area contributed by atoms with E-state index >= 15 is 0 Å². The van der Waals surface area contributed by atoms with Crippen LogP contribution >= 0.6 is 22.9 Å². The number of carbonyl (C=O) groups is 1. The Balaban J connectivity index is 2.21. The first kappa shape index (κ1) is 12.9. The molecule has 1 nitrogen and oxygen atoms in total. The number of hydrogen-bond acceptors (Lipinski definition) is 2. The van der Waals surface area contributed by atoms with Gasteiger partial charge < -0.3 is 0 Å². The van der Waals surface area contributed by atoms with Crippen molar-refractivity contribution < 1.29 is 13.6 Å². The average Bonchev–Trinajstić information content (AvgIpc) is 2.77. The van der Waals surface area contributed by atoms with Crippen LogP contribution in [0.3, 0.4) is 0 Å². The number of carbonyl (C=O) groups excluding carboxylic acids is 1. The maximum absolute atomic E-state index is 13.3. The summed E-state index contributed by atoms with van der Waals surface area (Å²) >= 11 is 6.84. The fourth-order valence-electron chi connectivity index (χ4n) is 1.34. The van der Waals surface area contributed by atoms with E-state index in [1.165, 1.54) is 24.3 Å². The number of halogens is 3. The van der Waals surface area contributed by atoms with Crippen molar-refractivity contribution in [2.75, 3.05) is 0 Å². The van der Waals surface area contributed by atoms with Crippen LogP contribution in [0.5, 0.6) is 0 Å². The summed E-state index contributed by atoms with van der Waals surface area (Å²) < 4.78 is 26.7. The van der Waals surface area contributed by atoms with E-state index < -0.39 is 11.6 Å². The van der Waals surface area contributed by atoms with Crippen LogP contribution in [0.2, 0.25) is 4.34 Å². The second kappa shape index (κ2) is 5.42. The molecule has 0 amide bonds. The summed E-state index contributed by atoms with van der Waals surface area (Å²) in [7, 11) is 0. The Morgan fingerprint density at radius 3 is 2.67 bits per heavy atom. The summed E-state index contributed by atoms with van der Waals surface area (Å²) in [5, 5.41) is 0. The van der Waals surface area contributed by atoms with Crippen LogP contribution in [-0.2, 0) is 0 Å². The molecular weight excluding hydrogens is 278 g/mol. The van der Waals surface area contributed by atoms with Gasteiger partial charge in [0.05, 0.1) is 9.21 Å². The van der Waals surface area contributed by atoms with Crippen LogP contribution in [0.4, 0.5) is 8.78 Å². The molecule has 18 heavy (non-hydrogen) atoms. The molecule has 0 radical (unpaired) electrons. The quantitative estimate of drug-likeness (QED) is 0.596. The minimum absolute atomic E-state index is 0.0333. The van der Waals surface area contributed by atoms with Crippen LogP contribution in [-0.4, -0.2) is 5.78 Å². The van der Waals surface area contributed by atoms with E-state index in [1.807, 2.05) is 0 Å². The van der Waals surface area contributed by atoms with E-state index in [1.54, 1.807) is 12.1 Å². The second-order valence-corrected chi connectivity index (χ2v) is 5.16. The molecule has 0 unspecified atom stereocenters. The van der Waals surface area contributed by atoms with Gasteiger partial charge in [-0.3, -0.25) is 4.79 Å². The van der Waals surface area contributed by atoms with Crippen molar-refractivity contribution >= 4 is 34.8 Å². The molecule has 1 aromatic heterocycles. The first-order valence-corrected chi connectivity index (χ1v) is 6.19. The molecular formula is C13H7ClF2OS. The highest BCUT2D eigenvalue weighted by atomic mass is 35.5. The Morgan fingerprint density at radius 2 is 2.00 bits per heavy atom. The lowest BCUT2D eigenvalue weighted by Gasteiger charge is -1.96. The maximum Gasteiger partial charge on any atom is 0.195 e. The Hall–Kier alpha value is -1.52. The Kier molecular flexibility index (Phi) is 3.89. The smallest absolute Gasteiger partial charge is 0.195 e. The first-order chi connectivity index (χ1) is 8.58. The van der Waals surface area contributed by atoms with Gasteiger partial charge in [0.1, 0.15) is 0 Å². The molecule has 0 aliphatic rings. The number of allylic oxidation sites excluding steroid dienone is 1. The van der Waals surface area contributed by atoms with Gasteiger partial charge in [0.25, 0.3) is 0 Å². The number of ketones is 1. The summed E-state index contributed by atoms with van der Waals surface area (Å²) in [5.41, 5.74) is 0.0333. The molecule has 0 spiro atoms. The minimum Gasteiger partial charge on any atom is -0.288 e. The lowest BCUT2D eigenvalue weighted by Crippen LogP contribution is -1.91. The fraction of sp³-hybridized carbons (Fsp3) is 0. The zero-order valence-corrected chi connectivity index (χ0v) is 10.6. The van der Waals surface area contributed by atoms with Crippen LogP contribution in [0.1, 0.15) is 15.2 Å². The van der Waals surface area contributed by atoms with E-state index in [2.05, 4.69) is 0 Å². The third-order valence-electron chi connectivity index (χ3n) is 2.21. The zero-order valence-electron chi connectivity index (χ0n) is 8.99. The van der Waals surface area contributed by atoms with E-state index in [0.29, 0.717) is 9.21 Å². The van der Waals surface area contributed by atoms with Crippen LogP contribution in [0, 0.1) is 11.6 Å². The van der Waals surface area contributed by atoms with Crippen molar-refractivity contribution in [3.8, 4) is 0 Å². The maximum atomic E-state index is 13.3. The third kappa shape index (κ3) is 2.83. The largest absolute Gasteiger partial charge is 0.288 e. The van der Waals surface area contributed by atoms with Gasteiger partial charge in [0, 0.05) is 5.56 Å². The summed E-state index contributed by atoms with van der Waals surface area (Å²) in [6, 6.07) is 6.99. The molecule has 1 heterocycles. The predicted molar refractivity (Wildman–Crippen MR) is 69.1 cm³/mol. The van der Waals surface area contributed by atoms with Gasteiger partial charge in [-0.25, -0.2) is 8.78 Å². The Labute approximate surface area is 111 Å². The molecule has 2 rings (SSSR count). The second-order valence-electron chi connectivity index (χ2n) is 3.44. The lowest BCUT2D eigenvalue weighted by atomic mass is 10.1. The molecule has 1 aromatic carbocycles. The Bertz CT molecular complexity index is 619. The van der Waals surface area contributed by atoms with Gasteiger partial charge in [-0.2, -0.15) is 0 Å². The van der Waals surface area contributed by atoms with E-state index in [9.17, 15) is 13.6 Å². The minimum atomic E-state index is -0.967. The highest BCUT2D eigenvalue weighted by Gasteiger charge is 2.07. The van der Waals surface area contributed by atoms with E-state index in [4.69, 9.17) is 11.6 Å². The molecule has 0 saturated heterocycles. The normalized spacial score (nSPS) is 11.1. The average molecular weight is 285 g/mol. The SMILES string of the molecule is O=C(/C=C/c1cccc(F)c1F)c1ccc(Cl)s1. The monoisotopic (exact) mass is 284 g/mol. The van der Waals surface area contributed by atoms with Crippen molar-refractivity contribution in [3.05, 3.63) is 62.8 Å². The lowest BCUT2D eigenvalue weighted by molar-refractivity contribution is 0.105. The molecule has 5 heteroatoms. The summed E-state index contributed by atoms with van der Waals surface area (Å²) in [6.45, 7) is 0. The number of benzene rings is 1. The van der Waals surface area contributed by atoms with Gasteiger partial charge in [0.15, 0.2) is 17.4 Å². The van der Waals surface area contributed by atoms with Crippen molar-refractivity contribution in [1.82, 2.24) is 0 Å². The molecule has 0 aliphatic carbocycles. The highest BCUT2D eigenvalue weighted by Crippen LogP contribution is 2.22. The molecule has 0 N–H and O–H groups in total. The topological polar surface area (TPSA) is 17.1 Å². The molecule has 0 saturated carbocycles. The van der Waals surface area contributed by atoms with Crippen molar-refractivity contribution in [1.29, 1.82) is 0 Å². The van der Waals surface area contributed by atoms with Gasteiger partial charge in [0.2, 0.25) is 0 Å². The van der Waals surface area contributed by atoms with Gasteiger partial charge in [-0.05, 0) is 30.4 Å². The summed E-state index contributed by atoms with van der Waals surface area (Å²) in [4.78, 5) is 12.1. The van der Waals surface area contributed by atoms with Gasteiger partial charge >= 0.3 is 0 Å². The van der Waals surface area contributed by atoms with Crippen LogP contribution < -0.4 is 0 Å². The number of rotatable bonds is 3. The van der Waals surface area contributed by atoms with Crippen LogP contribution in [0.15, 0.2) is 36.4 Å². The summed E-state index contributed by atoms with van der Waals surface area (Å²) in [5.74, 6) is -2.20. The van der Waals surface area contributed by atoms with Crippen molar-refractivity contribution in [2.45, 2.75) is 0 Å². The van der Waals surface area contributed by atoms with E-state index in [0.717, 1.165) is 17.4 Å². The zero-order chi connectivity index (χ0) is 13.1. The third-order valence-corrected chi connectivity index (χ3v) is 3.46. The highest BCUT2D eigenvalue weighted by molar-refractivity contribution is 7.18. The molecule has 92 valence electrons. The Morgan fingerprint density at radius 1 is 1.22 bits per heavy atom. The molecule has 0 fully saturated rings. The van der Waals surface area contributed by atoms with Crippen LogP contribution in [0.25, 0.3) is 6.08 Å². The van der Waals surface area contributed by atoms with Crippen molar-refractivity contribution in [2.24, 2.45) is 0 Å². The fourth-order valence-corrected chi connectivity index (χ4v) is 2.31. The van der Waals surface area contributed by atoms with Gasteiger partial charge in [-0.1, -0.05) is 23.7 Å².